The van der Waals surface area contributed by atoms with Crippen LogP contribution in [0.4, 0.5) is 5.69 Å². The van der Waals surface area contributed by atoms with Gasteiger partial charge in [-0.15, -0.1) is 11.8 Å². The van der Waals surface area contributed by atoms with Crippen molar-refractivity contribution in [2.45, 2.75) is 37.5 Å². The molecule has 0 bridgehead atoms. The molecule has 25 heavy (non-hydrogen) atoms. The molecule has 2 rings (SSSR count). The highest BCUT2D eigenvalue weighted by molar-refractivity contribution is 8.00. The summed E-state index contributed by atoms with van der Waals surface area (Å²) < 4.78 is 23.1. The lowest BCUT2D eigenvalue weighted by atomic mass is 10.1. The first-order chi connectivity index (χ1) is 11.6. The number of carbonyl (C=O) groups is 1. The van der Waals surface area contributed by atoms with Crippen molar-refractivity contribution in [3.05, 3.63) is 52.6 Å². The molecule has 0 fully saturated rings. The Morgan fingerprint density at radius 3 is 2.32 bits per heavy atom. The van der Waals surface area contributed by atoms with Crippen molar-refractivity contribution in [2.75, 3.05) is 11.1 Å². The van der Waals surface area contributed by atoms with Crippen LogP contribution < -0.4 is 10.5 Å². The fourth-order valence-corrected chi connectivity index (χ4v) is 3.68. The van der Waals surface area contributed by atoms with Crippen molar-refractivity contribution in [2.24, 2.45) is 5.14 Å². The minimum absolute atomic E-state index is 0.00675. The zero-order valence-electron chi connectivity index (χ0n) is 14.7. The van der Waals surface area contributed by atoms with E-state index in [2.05, 4.69) is 5.32 Å². The maximum atomic E-state index is 12.2. The Hall–Kier alpha value is -1.83. The van der Waals surface area contributed by atoms with Crippen LogP contribution in [-0.4, -0.2) is 20.1 Å². The molecule has 0 radical (unpaired) electrons. The van der Waals surface area contributed by atoms with E-state index in [0.717, 1.165) is 16.0 Å². The lowest BCUT2D eigenvalue weighted by molar-refractivity contribution is -0.113. The van der Waals surface area contributed by atoms with Gasteiger partial charge in [0.25, 0.3) is 0 Å². The fourth-order valence-electron chi connectivity index (χ4n) is 2.26. The van der Waals surface area contributed by atoms with Gasteiger partial charge >= 0.3 is 0 Å². The number of benzene rings is 2. The summed E-state index contributed by atoms with van der Waals surface area (Å²) in [7, 11) is -3.82. The van der Waals surface area contributed by atoms with Crippen molar-refractivity contribution < 1.29 is 13.2 Å². The summed E-state index contributed by atoms with van der Waals surface area (Å²) in [6.45, 7) is 7.68. The van der Waals surface area contributed by atoms with Crippen LogP contribution in [0.1, 0.15) is 22.3 Å². The van der Waals surface area contributed by atoms with Gasteiger partial charge in [0.1, 0.15) is 0 Å². The molecule has 0 spiro atoms. The van der Waals surface area contributed by atoms with Crippen LogP contribution in [0.5, 0.6) is 0 Å². The molecule has 1 amide bonds. The highest BCUT2D eigenvalue weighted by Crippen LogP contribution is 2.25. The first-order valence-electron chi connectivity index (χ1n) is 7.72. The van der Waals surface area contributed by atoms with Gasteiger partial charge in [-0.1, -0.05) is 6.07 Å². The van der Waals surface area contributed by atoms with E-state index < -0.39 is 10.0 Å². The van der Waals surface area contributed by atoms with Crippen molar-refractivity contribution >= 4 is 33.4 Å². The smallest absolute Gasteiger partial charge is 0.238 e. The molecule has 0 heterocycles. The van der Waals surface area contributed by atoms with Gasteiger partial charge in [0.15, 0.2) is 0 Å². The van der Waals surface area contributed by atoms with Gasteiger partial charge in [0.2, 0.25) is 15.9 Å². The van der Waals surface area contributed by atoms with E-state index in [1.807, 2.05) is 39.0 Å². The standard InChI is InChI=1S/C18H22N2O3S2/c1-11-5-6-15(7-12(11)2)24-10-18(21)20-17-9-16(25(19,22)23)8-13(3)14(17)4/h5-9H,10H2,1-4H3,(H,20,21)(H2,19,22,23). The van der Waals surface area contributed by atoms with E-state index in [1.165, 1.54) is 35.0 Å². The summed E-state index contributed by atoms with van der Waals surface area (Å²) in [6, 6.07) is 8.96. The highest BCUT2D eigenvalue weighted by Gasteiger charge is 2.14. The molecular formula is C18H22N2O3S2. The molecule has 2 aromatic rings. The molecule has 0 aliphatic carbocycles. The molecule has 7 heteroatoms. The number of anilines is 1. The molecule has 0 unspecified atom stereocenters. The molecule has 0 aliphatic rings. The molecule has 3 N–H and O–H groups in total. The summed E-state index contributed by atoms with van der Waals surface area (Å²) >= 11 is 1.44. The number of nitrogens with one attached hydrogen (secondary N) is 1. The Morgan fingerprint density at radius 1 is 1.04 bits per heavy atom. The largest absolute Gasteiger partial charge is 0.325 e. The highest BCUT2D eigenvalue weighted by atomic mass is 32.2. The zero-order valence-corrected chi connectivity index (χ0v) is 16.3. The SMILES string of the molecule is Cc1ccc(SCC(=O)Nc2cc(S(N)(=O)=O)cc(C)c2C)cc1C. The first kappa shape index (κ1) is 19.5. The van der Waals surface area contributed by atoms with Gasteiger partial charge in [-0.2, -0.15) is 0 Å². The zero-order chi connectivity index (χ0) is 18.8. The third kappa shape index (κ3) is 5.07. The molecule has 0 aliphatic heterocycles. The molecule has 0 atom stereocenters. The monoisotopic (exact) mass is 378 g/mol. The molecule has 134 valence electrons. The minimum atomic E-state index is -3.82. The lowest BCUT2D eigenvalue weighted by Gasteiger charge is -2.13. The van der Waals surface area contributed by atoms with E-state index in [-0.39, 0.29) is 16.6 Å². The van der Waals surface area contributed by atoms with Gasteiger partial charge in [-0.05, 0) is 74.2 Å². The van der Waals surface area contributed by atoms with Crippen LogP contribution in [0, 0.1) is 27.7 Å². The van der Waals surface area contributed by atoms with Crippen LogP contribution in [-0.2, 0) is 14.8 Å². The normalized spacial score (nSPS) is 11.4. The summed E-state index contributed by atoms with van der Waals surface area (Å²) in [5.74, 6) is 0.0398. The average Bonchev–Trinajstić information content (AvgIpc) is 2.51. The minimum Gasteiger partial charge on any atom is -0.325 e. The van der Waals surface area contributed by atoms with Gasteiger partial charge in [-0.25, -0.2) is 13.6 Å². The summed E-state index contributed by atoms with van der Waals surface area (Å²) in [5.41, 5.74) is 4.42. The predicted octanol–water partition coefficient (Wildman–Crippen LogP) is 3.30. The second-order valence-corrected chi connectivity index (χ2v) is 8.65. The quantitative estimate of drug-likeness (QED) is 0.781. The summed E-state index contributed by atoms with van der Waals surface area (Å²) in [4.78, 5) is 13.3. The Bertz CT molecular complexity index is 922. The average molecular weight is 379 g/mol. The van der Waals surface area contributed by atoms with Crippen LogP contribution in [0.15, 0.2) is 40.1 Å². The van der Waals surface area contributed by atoms with Crippen LogP contribution >= 0.6 is 11.8 Å². The Labute approximate surface area is 153 Å². The second-order valence-electron chi connectivity index (χ2n) is 6.04. The number of thioether (sulfide) groups is 1. The van der Waals surface area contributed by atoms with Crippen molar-refractivity contribution in [3.8, 4) is 0 Å². The van der Waals surface area contributed by atoms with E-state index in [1.54, 1.807) is 6.92 Å². The van der Waals surface area contributed by atoms with Crippen molar-refractivity contribution in [1.29, 1.82) is 0 Å². The number of nitrogens with two attached hydrogens (primary N) is 1. The molecule has 0 saturated heterocycles. The predicted molar refractivity (Wildman–Crippen MR) is 103 cm³/mol. The maximum absolute atomic E-state index is 12.2. The molecule has 0 aromatic heterocycles. The van der Waals surface area contributed by atoms with Crippen LogP contribution in [0.2, 0.25) is 0 Å². The molecule has 5 nitrogen and oxygen atoms in total. The lowest BCUT2D eigenvalue weighted by Crippen LogP contribution is -2.17. The van der Waals surface area contributed by atoms with Gasteiger partial charge in [0, 0.05) is 10.6 Å². The molecular weight excluding hydrogens is 356 g/mol. The number of amides is 1. The number of hydrogen-bond donors (Lipinski definition) is 2. The number of aryl methyl sites for hydroxylation is 3. The number of sulfonamides is 1. The first-order valence-corrected chi connectivity index (χ1v) is 10.2. The number of primary sulfonamides is 1. The van der Waals surface area contributed by atoms with Crippen molar-refractivity contribution in [1.82, 2.24) is 0 Å². The Morgan fingerprint density at radius 2 is 1.72 bits per heavy atom. The summed E-state index contributed by atoms with van der Waals surface area (Å²) in [5, 5.41) is 7.97. The van der Waals surface area contributed by atoms with Gasteiger partial charge in [0.05, 0.1) is 10.6 Å². The molecule has 0 saturated carbocycles. The maximum Gasteiger partial charge on any atom is 0.238 e. The number of carbonyl (C=O) groups excluding carboxylic acids is 1. The second kappa shape index (κ2) is 7.59. The topological polar surface area (TPSA) is 89.3 Å². The third-order valence-electron chi connectivity index (χ3n) is 4.09. The number of hydrogen-bond acceptors (Lipinski definition) is 4. The number of rotatable bonds is 5. The fraction of sp³-hybridized carbons (Fsp3) is 0.278. The Balaban J connectivity index is 2.12. The van der Waals surface area contributed by atoms with Crippen LogP contribution in [0.3, 0.4) is 0 Å². The van der Waals surface area contributed by atoms with E-state index in [0.29, 0.717) is 5.69 Å². The van der Waals surface area contributed by atoms with Gasteiger partial charge in [-0.3, -0.25) is 4.79 Å². The van der Waals surface area contributed by atoms with Crippen LogP contribution in [0.25, 0.3) is 0 Å². The van der Waals surface area contributed by atoms with Crippen molar-refractivity contribution in [3.63, 3.8) is 0 Å². The summed E-state index contributed by atoms with van der Waals surface area (Å²) in [6.07, 6.45) is 0. The van der Waals surface area contributed by atoms with E-state index in [9.17, 15) is 13.2 Å². The molecule has 2 aromatic carbocycles. The van der Waals surface area contributed by atoms with Gasteiger partial charge < -0.3 is 5.32 Å². The third-order valence-corrected chi connectivity index (χ3v) is 5.98. The van der Waals surface area contributed by atoms with E-state index in [4.69, 9.17) is 5.14 Å². The van der Waals surface area contributed by atoms with E-state index >= 15 is 0 Å². The Kier molecular flexibility index (Phi) is 5.92.